The molecular weight excluding hydrogens is 471 g/mol. The Bertz CT molecular complexity index is 814. The number of aliphatic hydroxyl groups excluding tert-OH is 1. The quantitative estimate of drug-likeness (QED) is 0.535. The number of nitrogens with one attached hydrogen (secondary N) is 1. The number of halogens is 3. The van der Waals surface area contributed by atoms with E-state index in [1.165, 1.54) is 50.8 Å². The van der Waals surface area contributed by atoms with Crippen LogP contribution >= 0.6 is 0 Å². The van der Waals surface area contributed by atoms with Crippen LogP contribution in [-0.4, -0.2) is 67.6 Å². The highest BCUT2D eigenvalue weighted by Gasteiger charge is 2.32. The molecule has 0 bridgehead atoms. The number of likely N-dealkylation sites (tertiary alicyclic amines) is 1. The van der Waals surface area contributed by atoms with Crippen molar-refractivity contribution in [3.05, 3.63) is 24.3 Å². The van der Waals surface area contributed by atoms with E-state index in [4.69, 9.17) is 0 Å². The highest BCUT2D eigenvalue weighted by Crippen LogP contribution is 2.29. The van der Waals surface area contributed by atoms with Gasteiger partial charge in [0.25, 0.3) is 0 Å². The predicted molar refractivity (Wildman–Crippen MR) is 133 cm³/mol. The molecule has 2 heterocycles. The summed E-state index contributed by atoms with van der Waals surface area (Å²) in [6, 6.07) is 5.84. The number of benzene rings is 1. The number of carbonyl (C=O) groups excluding carboxylic acids is 1. The maximum absolute atomic E-state index is 12.7. The van der Waals surface area contributed by atoms with Crippen LogP contribution in [0, 0.1) is 17.8 Å². The minimum Gasteiger partial charge on any atom is -0.406 e. The van der Waals surface area contributed by atoms with Crippen molar-refractivity contribution < 1.29 is 27.8 Å². The van der Waals surface area contributed by atoms with E-state index in [0.29, 0.717) is 32.5 Å². The van der Waals surface area contributed by atoms with E-state index in [1.54, 1.807) is 12.1 Å². The van der Waals surface area contributed by atoms with Gasteiger partial charge in [-0.3, -0.25) is 4.79 Å². The summed E-state index contributed by atoms with van der Waals surface area (Å²) in [4.78, 5) is 17.3. The first-order valence-corrected chi connectivity index (χ1v) is 13.6. The zero-order valence-electron chi connectivity index (χ0n) is 21.0. The predicted octanol–water partition coefficient (Wildman–Crippen LogP) is 4.57. The molecule has 1 amide bonds. The molecule has 2 aliphatic heterocycles. The van der Waals surface area contributed by atoms with Crippen molar-refractivity contribution in [2.45, 2.75) is 70.3 Å². The molecule has 36 heavy (non-hydrogen) atoms. The smallest absolute Gasteiger partial charge is 0.406 e. The van der Waals surface area contributed by atoms with Crippen LogP contribution in [-0.2, 0) is 4.79 Å². The third-order valence-corrected chi connectivity index (χ3v) is 8.20. The van der Waals surface area contributed by atoms with Gasteiger partial charge in [-0.2, -0.15) is 0 Å². The number of rotatable bonds is 8. The first-order valence-electron chi connectivity index (χ1n) is 13.6. The van der Waals surface area contributed by atoms with Crippen LogP contribution in [0.25, 0.3) is 0 Å². The molecule has 6 nitrogen and oxygen atoms in total. The monoisotopic (exact) mass is 511 g/mol. The molecule has 0 radical (unpaired) electrons. The molecule has 1 aromatic rings. The van der Waals surface area contributed by atoms with Crippen LogP contribution < -0.4 is 15.0 Å². The van der Waals surface area contributed by atoms with Crippen molar-refractivity contribution in [3.63, 3.8) is 0 Å². The number of amides is 1. The molecule has 3 fully saturated rings. The van der Waals surface area contributed by atoms with E-state index in [0.717, 1.165) is 37.5 Å². The van der Waals surface area contributed by atoms with Crippen LogP contribution in [0.5, 0.6) is 5.75 Å². The van der Waals surface area contributed by atoms with Gasteiger partial charge in [0.15, 0.2) is 0 Å². The molecule has 0 aromatic heterocycles. The van der Waals surface area contributed by atoms with E-state index in [1.807, 2.05) is 0 Å². The number of hydrogen-bond donors (Lipinski definition) is 2. The molecule has 3 aliphatic rings. The normalized spacial score (nSPS) is 22.4. The SMILES string of the molecule is O=C(NCC(O)C1CCN(CC2CCCCC2)CC1)C1CCN(c2ccc(OC(F)(F)F)cc2)CC1. The fraction of sp³-hybridized carbons (Fsp3) is 0.741. The second-order valence-electron chi connectivity index (χ2n) is 10.8. The van der Waals surface area contributed by atoms with Crippen molar-refractivity contribution in [2.75, 3.05) is 44.2 Å². The fourth-order valence-electron chi connectivity index (χ4n) is 6.03. The van der Waals surface area contributed by atoms with E-state index in [2.05, 4.69) is 19.9 Å². The van der Waals surface area contributed by atoms with Gasteiger partial charge < -0.3 is 25.0 Å². The van der Waals surface area contributed by atoms with E-state index in [9.17, 15) is 23.1 Å². The number of alkyl halides is 3. The zero-order chi connectivity index (χ0) is 25.5. The van der Waals surface area contributed by atoms with Crippen molar-refractivity contribution >= 4 is 11.6 Å². The van der Waals surface area contributed by atoms with E-state index >= 15 is 0 Å². The van der Waals surface area contributed by atoms with Gasteiger partial charge in [-0.15, -0.1) is 13.2 Å². The number of ether oxygens (including phenoxy) is 1. The van der Waals surface area contributed by atoms with Crippen LogP contribution in [0.3, 0.4) is 0 Å². The molecule has 1 atom stereocenters. The second kappa shape index (κ2) is 12.5. The Morgan fingerprint density at radius 3 is 2.22 bits per heavy atom. The number of nitrogens with zero attached hydrogens (tertiary/aromatic N) is 2. The number of carbonyl (C=O) groups is 1. The largest absolute Gasteiger partial charge is 0.573 e. The molecule has 1 unspecified atom stereocenters. The average Bonchev–Trinajstić information content (AvgIpc) is 2.88. The van der Waals surface area contributed by atoms with Gasteiger partial charge in [0, 0.05) is 37.8 Å². The lowest BCUT2D eigenvalue weighted by Gasteiger charge is -2.37. The Balaban J connectivity index is 1.13. The maximum atomic E-state index is 12.7. The minimum absolute atomic E-state index is 0.0163. The lowest BCUT2D eigenvalue weighted by molar-refractivity contribution is -0.274. The molecule has 4 rings (SSSR count). The summed E-state index contributed by atoms with van der Waals surface area (Å²) in [6.07, 6.45) is 4.92. The van der Waals surface area contributed by atoms with Crippen molar-refractivity contribution in [3.8, 4) is 5.75 Å². The summed E-state index contributed by atoms with van der Waals surface area (Å²) in [5, 5.41) is 13.7. The Hall–Kier alpha value is -2.00. The number of aliphatic hydroxyl groups is 1. The van der Waals surface area contributed by atoms with Gasteiger partial charge in [-0.1, -0.05) is 19.3 Å². The first kappa shape index (κ1) is 27.0. The van der Waals surface area contributed by atoms with Crippen LogP contribution in [0.4, 0.5) is 18.9 Å². The van der Waals surface area contributed by atoms with Crippen molar-refractivity contribution in [1.82, 2.24) is 10.2 Å². The van der Waals surface area contributed by atoms with E-state index < -0.39 is 12.5 Å². The standard InChI is InChI=1S/C27H40F3N3O3/c28-27(29,30)36-24-8-6-23(7-9-24)33-16-12-22(13-17-33)26(35)31-18-25(34)21-10-14-32(15-11-21)19-20-4-2-1-3-5-20/h6-9,20-22,25,34H,1-5,10-19H2,(H,31,35). The molecule has 1 saturated carbocycles. The van der Waals surface area contributed by atoms with Crippen molar-refractivity contribution in [2.24, 2.45) is 17.8 Å². The fourth-order valence-corrected chi connectivity index (χ4v) is 6.03. The third-order valence-electron chi connectivity index (χ3n) is 8.20. The van der Waals surface area contributed by atoms with Gasteiger partial charge in [0.2, 0.25) is 5.91 Å². The van der Waals surface area contributed by atoms with Gasteiger partial charge in [0.05, 0.1) is 6.10 Å². The van der Waals surface area contributed by atoms with Gasteiger partial charge >= 0.3 is 6.36 Å². The molecule has 9 heteroatoms. The highest BCUT2D eigenvalue weighted by molar-refractivity contribution is 5.79. The average molecular weight is 512 g/mol. The number of hydrogen-bond acceptors (Lipinski definition) is 5. The Morgan fingerprint density at radius 2 is 1.61 bits per heavy atom. The van der Waals surface area contributed by atoms with Gasteiger partial charge in [0.1, 0.15) is 5.75 Å². The first-order chi connectivity index (χ1) is 17.3. The molecular formula is C27H40F3N3O3. The van der Waals surface area contributed by atoms with Crippen LogP contribution in [0.15, 0.2) is 24.3 Å². The summed E-state index contributed by atoms with van der Waals surface area (Å²) in [5.74, 6) is 0.706. The Kier molecular flexibility index (Phi) is 9.39. The lowest BCUT2D eigenvalue weighted by Crippen LogP contribution is -2.46. The Labute approximate surface area is 212 Å². The third kappa shape index (κ3) is 8.00. The highest BCUT2D eigenvalue weighted by atomic mass is 19.4. The lowest BCUT2D eigenvalue weighted by atomic mass is 9.87. The van der Waals surface area contributed by atoms with Gasteiger partial charge in [-0.25, -0.2) is 0 Å². The van der Waals surface area contributed by atoms with E-state index in [-0.39, 0.29) is 23.5 Å². The number of piperidine rings is 2. The van der Waals surface area contributed by atoms with Crippen LogP contribution in [0.2, 0.25) is 0 Å². The van der Waals surface area contributed by atoms with Crippen LogP contribution in [0.1, 0.15) is 57.8 Å². The number of anilines is 1. The molecule has 1 aliphatic carbocycles. The summed E-state index contributed by atoms with van der Waals surface area (Å²) in [5.41, 5.74) is 0.814. The Morgan fingerprint density at radius 1 is 0.972 bits per heavy atom. The summed E-state index contributed by atoms with van der Waals surface area (Å²) in [7, 11) is 0. The molecule has 1 aromatic carbocycles. The molecule has 2 saturated heterocycles. The second-order valence-corrected chi connectivity index (χ2v) is 10.8. The minimum atomic E-state index is -4.70. The summed E-state index contributed by atoms with van der Waals surface area (Å²) < 4.78 is 40.9. The topological polar surface area (TPSA) is 65.0 Å². The van der Waals surface area contributed by atoms with Crippen molar-refractivity contribution in [1.29, 1.82) is 0 Å². The molecule has 202 valence electrons. The zero-order valence-corrected chi connectivity index (χ0v) is 21.0. The maximum Gasteiger partial charge on any atom is 0.573 e. The molecule has 2 N–H and O–H groups in total. The van der Waals surface area contributed by atoms with Gasteiger partial charge in [-0.05, 0) is 87.7 Å². The molecule has 0 spiro atoms. The summed E-state index contributed by atoms with van der Waals surface area (Å²) >= 11 is 0. The summed E-state index contributed by atoms with van der Waals surface area (Å²) in [6.45, 7) is 4.87.